The number of benzene rings is 8. The summed E-state index contributed by atoms with van der Waals surface area (Å²) in [6.07, 6.45) is 0. The summed E-state index contributed by atoms with van der Waals surface area (Å²) < 4.78 is 4.67. The average molecular weight is 745 g/mol. The van der Waals surface area contributed by atoms with E-state index >= 15 is 0 Å². The van der Waals surface area contributed by atoms with Gasteiger partial charge in [-0.3, -0.25) is 4.57 Å². The van der Waals surface area contributed by atoms with E-state index in [0.717, 1.165) is 32.9 Å². The minimum atomic E-state index is -0.504. The van der Waals surface area contributed by atoms with Crippen molar-refractivity contribution in [3.8, 4) is 39.9 Å². The highest BCUT2D eigenvalue weighted by atomic mass is 32.1. The molecule has 0 saturated carbocycles. The number of nitrogens with zero attached hydrogens (tertiary/aromatic N) is 4. The van der Waals surface area contributed by atoms with Crippen LogP contribution in [0.5, 0.6) is 0 Å². The Morgan fingerprint density at radius 3 is 1.81 bits per heavy atom. The second-order valence-corrected chi connectivity index (χ2v) is 15.8. The van der Waals surface area contributed by atoms with Crippen LogP contribution >= 0.6 is 11.3 Å². The number of rotatable bonds is 5. The smallest absolute Gasteiger partial charge is 0.238 e. The van der Waals surface area contributed by atoms with Crippen LogP contribution < -0.4 is 0 Å². The van der Waals surface area contributed by atoms with Gasteiger partial charge in [0.05, 0.1) is 16.4 Å². The molecule has 0 atom stereocenters. The summed E-state index contributed by atoms with van der Waals surface area (Å²) in [4.78, 5) is 15.9. The first-order chi connectivity index (χ1) is 28.3. The van der Waals surface area contributed by atoms with Crippen molar-refractivity contribution < 1.29 is 0 Å². The predicted molar refractivity (Wildman–Crippen MR) is 235 cm³/mol. The van der Waals surface area contributed by atoms with Gasteiger partial charge in [0.1, 0.15) is 0 Å². The molecule has 0 saturated heterocycles. The summed E-state index contributed by atoms with van der Waals surface area (Å²) >= 11 is 1.79. The number of fused-ring (bicyclic) bond motifs is 9. The fourth-order valence-electron chi connectivity index (χ4n) is 9.34. The molecule has 0 radical (unpaired) electrons. The third-order valence-electron chi connectivity index (χ3n) is 11.8. The topological polar surface area (TPSA) is 43.6 Å². The van der Waals surface area contributed by atoms with E-state index in [0.29, 0.717) is 17.6 Å². The summed E-state index contributed by atoms with van der Waals surface area (Å²) in [5, 5.41) is 4.76. The Balaban J connectivity index is 1.18. The zero-order valence-electron chi connectivity index (χ0n) is 30.7. The second-order valence-electron chi connectivity index (χ2n) is 14.7. The molecular formula is C52H32N4S. The van der Waals surface area contributed by atoms with Gasteiger partial charge in [0, 0.05) is 42.1 Å². The Kier molecular flexibility index (Phi) is 6.98. The van der Waals surface area contributed by atoms with E-state index in [-0.39, 0.29) is 0 Å². The largest absolute Gasteiger partial charge is 0.278 e. The van der Waals surface area contributed by atoms with E-state index in [1.165, 1.54) is 53.6 Å². The number of para-hydroxylation sites is 1. The van der Waals surface area contributed by atoms with Gasteiger partial charge in [-0.2, -0.15) is 9.97 Å². The van der Waals surface area contributed by atoms with Crippen LogP contribution in [-0.4, -0.2) is 19.5 Å². The fourth-order valence-corrected chi connectivity index (χ4v) is 10.6. The van der Waals surface area contributed by atoms with E-state index in [1.54, 1.807) is 11.3 Å². The minimum Gasteiger partial charge on any atom is -0.278 e. The zero-order chi connectivity index (χ0) is 37.5. The van der Waals surface area contributed by atoms with Crippen LogP contribution in [0.1, 0.15) is 22.3 Å². The van der Waals surface area contributed by atoms with Crippen LogP contribution in [0.4, 0.5) is 0 Å². The van der Waals surface area contributed by atoms with Crippen molar-refractivity contribution in [3.63, 3.8) is 0 Å². The molecule has 0 N–H and O–H groups in total. The van der Waals surface area contributed by atoms with Gasteiger partial charge >= 0.3 is 0 Å². The Morgan fingerprint density at radius 1 is 0.404 bits per heavy atom. The standard InChI is InChI=1S/C52H32N4S/c1-4-17-33(18-5-1)49-53-50(40-27-16-26-39-38-25-12-15-30-47(38)57-48(39)40)55-51(54-49)56-45-29-14-11-24-37(45)42-31-44-41(32-46(42)56)36-23-10-13-28-43(36)52(44,34-19-6-2-7-20-34)35-21-8-3-9-22-35/h1-32H. The molecule has 11 aromatic rings. The van der Waals surface area contributed by atoms with Gasteiger partial charge in [-0.15, -0.1) is 11.3 Å². The van der Waals surface area contributed by atoms with Crippen molar-refractivity contribution >= 4 is 53.3 Å². The highest BCUT2D eigenvalue weighted by Crippen LogP contribution is 2.57. The quantitative estimate of drug-likeness (QED) is 0.176. The summed E-state index contributed by atoms with van der Waals surface area (Å²) in [5.74, 6) is 1.88. The number of thiophene rings is 1. The molecule has 3 heterocycles. The molecule has 0 fully saturated rings. The molecule has 0 spiro atoms. The van der Waals surface area contributed by atoms with Crippen molar-refractivity contribution in [2.24, 2.45) is 0 Å². The molecule has 0 aliphatic heterocycles. The first-order valence-electron chi connectivity index (χ1n) is 19.3. The third-order valence-corrected chi connectivity index (χ3v) is 13.0. The van der Waals surface area contributed by atoms with Crippen LogP contribution in [-0.2, 0) is 5.41 Å². The average Bonchev–Trinajstić information content (AvgIpc) is 3.92. The van der Waals surface area contributed by atoms with Crippen LogP contribution in [0.2, 0.25) is 0 Å². The van der Waals surface area contributed by atoms with E-state index < -0.39 is 5.41 Å². The second kappa shape index (κ2) is 12.4. The molecule has 12 rings (SSSR count). The molecule has 5 heteroatoms. The van der Waals surface area contributed by atoms with E-state index in [4.69, 9.17) is 15.0 Å². The lowest BCUT2D eigenvalue weighted by Crippen LogP contribution is -2.28. The SMILES string of the molecule is c1ccc(-c2nc(-c3cccc4c3sc3ccccc34)nc(-n3c4ccccc4c4cc5c(cc43)-c3ccccc3C5(c3ccccc3)c3ccccc3)n2)cc1. The molecule has 0 amide bonds. The van der Waals surface area contributed by atoms with E-state index in [2.05, 4.69) is 180 Å². The van der Waals surface area contributed by atoms with Crippen LogP contribution in [0.3, 0.4) is 0 Å². The molecule has 4 nitrogen and oxygen atoms in total. The van der Waals surface area contributed by atoms with E-state index in [1.807, 2.05) is 18.2 Å². The van der Waals surface area contributed by atoms with Crippen LogP contribution in [0.25, 0.3) is 81.8 Å². The van der Waals surface area contributed by atoms with Crippen LogP contribution in [0.15, 0.2) is 194 Å². The lowest BCUT2D eigenvalue weighted by molar-refractivity contribution is 0.769. The van der Waals surface area contributed by atoms with Gasteiger partial charge < -0.3 is 0 Å². The van der Waals surface area contributed by atoms with Gasteiger partial charge in [0.2, 0.25) is 5.95 Å². The van der Waals surface area contributed by atoms with Crippen molar-refractivity contribution in [2.75, 3.05) is 0 Å². The van der Waals surface area contributed by atoms with Gasteiger partial charge in [-0.05, 0) is 63.7 Å². The van der Waals surface area contributed by atoms with Crippen molar-refractivity contribution in [3.05, 3.63) is 216 Å². The highest BCUT2D eigenvalue weighted by Gasteiger charge is 2.46. The molecule has 3 aromatic heterocycles. The lowest BCUT2D eigenvalue weighted by atomic mass is 9.67. The zero-order valence-corrected chi connectivity index (χ0v) is 31.5. The van der Waals surface area contributed by atoms with Gasteiger partial charge in [0.25, 0.3) is 0 Å². The molecule has 266 valence electrons. The first-order valence-corrected chi connectivity index (χ1v) is 20.1. The number of aromatic nitrogens is 4. The normalized spacial score (nSPS) is 13.1. The van der Waals surface area contributed by atoms with Gasteiger partial charge in [0.15, 0.2) is 11.6 Å². The highest BCUT2D eigenvalue weighted by molar-refractivity contribution is 7.26. The summed E-state index contributed by atoms with van der Waals surface area (Å²) in [6.45, 7) is 0. The molecule has 8 aromatic carbocycles. The first kappa shape index (κ1) is 32.1. The predicted octanol–water partition coefficient (Wildman–Crippen LogP) is 13.0. The van der Waals surface area contributed by atoms with Crippen molar-refractivity contribution in [1.82, 2.24) is 19.5 Å². The third kappa shape index (κ3) is 4.64. The summed E-state index contributed by atoms with van der Waals surface area (Å²) in [5.41, 5.74) is 11.0. The van der Waals surface area contributed by atoms with Crippen LogP contribution in [0, 0.1) is 0 Å². The molecular weight excluding hydrogens is 713 g/mol. The Morgan fingerprint density at radius 2 is 1.02 bits per heavy atom. The maximum atomic E-state index is 5.40. The molecule has 1 aliphatic rings. The molecule has 57 heavy (non-hydrogen) atoms. The van der Waals surface area contributed by atoms with Crippen molar-refractivity contribution in [2.45, 2.75) is 5.41 Å². The fraction of sp³-hybridized carbons (Fsp3) is 0.0192. The Hall–Kier alpha value is -7.21. The maximum absolute atomic E-state index is 5.40. The molecule has 1 aliphatic carbocycles. The molecule has 0 unspecified atom stereocenters. The Bertz CT molecular complexity index is 3310. The summed E-state index contributed by atoms with van der Waals surface area (Å²) in [6, 6.07) is 69.7. The van der Waals surface area contributed by atoms with E-state index in [9.17, 15) is 0 Å². The Labute approximate surface area is 333 Å². The van der Waals surface area contributed by atoms with Crippen molar-refractivity contribution in [1.29, 1.82) is 0 Å². The maximum Gasteiger partial charge on any atom is 0.238 e. The minimum absolute atomic E-state index is 0.504. The van der Waals surface area contributed by atoms with Gasteiger partial charge in [-0.25, -0.2) is 4.98 Å². The summed E-state index contributed by atoms with van der Waals surface area (Å²) in [7, 11) is 0. The number of hydrogen-bond donors (Lipinski definition) is 0. The van der Waals surface area contributed by atoms with Gasteiger partial charge in [-0.1, -0.05) is 164 Å². The monoisotopic (exact) mass is 744 g/mol. The number of hydrogen-bond acceptors (Lipinski definition) is 4. The lowest BCUT2D eigenvalue weighted by Gasteiger charge is -2.33. The molecule has 0 bridgehead atoms.